The van der Waals surface area contributed by atoms with Crippen LogP contribution in [0.3, 0.4) is 0 Å². The van der Waals surface area contributed by atoms with Gasteiger partial charge >= 0.3 is 11.9 Å². The maximum Gasteiger partial charge on any atom is 0.344 e. The third-order valence-electron chi connectivity index (χ3n) is 4.50. The van der Waals surface area contributed by atoms with Crippen LogP contribution in [0.25, 0.3) is 0 Å². The number of hydrogen-bond donors (Lipinski definition) is 0. The molecule has 30 heavy (non-hydrogen) atoms. The van der Waals surface area contributed by atoms with E-state index in [2.05, 4.69) is 0 Å². The molecule has 0 amide bonds. The van der Waals surface area contributed by atoms with Crippen LogP contribution in [0.1, 0.15) is 34.0 Å². The Bertz CT molecular complexity index is 1060. The largest absolute Gasteiger partial charge is 0.466 e. The van der Waals surface area contributed by atoms with Gasteiger partial charge in [-0.15, -0.1) is 0 Å². The van der Waals surface area contributed by atoms with Crippen molar-refractivity contribution in [3.05, 3.63) is 106 Å². The summed E-state index contributed by atoms with van der Waals surface area (Å²) in [6.45, 7) is 2.26. The molecule has 0 aliphatic carbocycles. The summed E-state index contributed by atoms with van der Waals surface area (Å²) in [5.74, 6) is -1.26. The summed E-state index contributed by atoms with van der Waals surface area (Å²) in [6.07, 6.45) is 1.41. The average Bonchev–Trinajstić information content (AvgIpc) is 2.76. The second-order valence-electron chi connectivity index (χ2n) is 6.68. The van der Waals surface area contributed by atoms with Crippen molar-refractivity contribution in [2.24, 2.45) is 0 Å². The van der Waals surface area contributed by atoms with Crippen LogP contribution in [0, 0.1) is 0 Å². The maximum absolute atomic E-state index is 13.1. The summed E-state index contributed by atoms with van der Waals surface area (Å²) in [5.41, 5.74) is 1.37. The number of benzene rings is 2. The van der Waals surface area contributed by atoms with Crippen LogP contribution in [0.15, 0.2) is 77.7 Å². The first kappa shape index (κ1) is 21.0. The molecular weight excluding hydrogens is 382 g/mol. The van der Waals surface area contributed by atoms with Gasteiger partial charge in [0.05, 0.1) is 19.6 Å². The molecule has 0 aliphatic rings. The number of pyridine rings is 1. The summed E-state index contributed by atoms with van der Waals surface area (Å²) >= 11 is 0. The van der Waals surface area contributed by atoms with Gasteiger partial charge in [0.2, 0.25) is 0 Å². The smallest absolute Gasteiger partial charge is 0.344 e. The second kappa shape index (κ2) is 10.2. The quantitative estimate of drug-likeness (QED) is 0.537. The molecule has 0 aliphatic heterocycles. The number of aromatic nitrogens is 1. The lowest BCUT2D eigenvalue weighted by Gasteiger charge is -2.13. The third-order valence-corrected chi connectivity index (χ3v) is 4.50. The van der Waals surface area contributed by atoms with E-state index < -0.39 is 17.5 Å². The van der Waals surface area contributed by atoms with Gasteiger partial charge in [-0.2, -0.15) is 0 Å². The van der Waals surface area contributed by atoms with Crippen LogP contribution in [-0.2, 0) is 33.8 Å². The van der Waals surface area contributed by atoms with Crippen molar-refractivity contribution >= 4 is 11.9 Å². The minimum Gasteiger partial charge on any atom is -0.466 e. The van der Waals surface area contributed by atoms with Gasteiger partial charge in [-0.25, -0.2) is 4.79 Å². The Labute approximate surface area is 174 Å². The Balaban J connectivity index is 1.90. The molecule has 3 aromatic rings. The van der Waals surface area contributed by atoms with Gasteiger partial charge in [-0.1, -0.05) is 60.7 Å². The number of rotatable bonds is 8. The van der Waals surface area contributed by atoms with Gasteiger partial charge in [-0.3, -0.25) is 9.59 Å². The summed E-state index contributed by atoms with van der Waals surface area (Å²) in [5, 5.41) is 0. The Kier molecular flexibility index (Phi) is 7.16. The number of hydrogen-bond acceptors (Lipinski definition) is 5. The van der Waals surface area contributed by atoms with E-state index in [4.69, 9.17) is 9.47 Å². The van der Waals surface area contributed by atoms with E-state index in [1.807, 2.05) is 60.7 Å². The standard InChI is InChI=1S/C24H23NO5/c1-2-29-21(26)15-20-13-14-25(16-18-9-5-3-6-10-18)23(27)22(20)24(28)30-17-19-11-7-4-8-12-19/h3-14H,2,15-17H2,1H3. The molecule has 0 N–H and O–H groups in total. The average molecular weight is 405 g/mol. The monoisotopic (exact) mass is 405 g/mol. The molecule has 0 unspecified atom stereocenters. The molecule has 0 bridgehead atoms. The first-order chi connectivity index (χ1) is 14.6. The Morgan fingerprint density at radius 2 is 1.50 bits per heavy atom. The van der Waals surface area contributed by atoms with E-state index in [9.17, 15) is 14.4 Å². The zero-order chi connectivity index (χ0) is 21.3. The van der Waals surface area contributed by atoms with Gasteiger partial charge in [0, 0.05) is 6.20 Å². The molecule has 0 saturated carbocycles. The predicted molar refractivity (Wildman–Crippen MR) is 112 cm³/mol. The van der Waals surface area contributed by atoms with Crippen molar-refractivity contribution in [3.8, 4) is 0 Å². The molecule has 0 radical (unpaired) electrons. The zero-order valence-corrected chi connectivity index (χ0v) is 16.7. The normalized spacial score (nSPS) is 10.4. The van der Waals surface area contributed by atoms with Crippen molar-refractivity contribution in [3.63, 3.8) is 0 Å². The Hall–Kier alpha value is -3.67. The van der Waals surface area contributed by atoms with Crippen LogP contribution >= 0.6 is 0 Å². The van der Waals surface area contributed by atoms with Gasteiger partial charge in [-0.05, 0) is 29.7 Å². The number of carbonyl (C=O) groups is 2. The molecule has 0 saturated heterocycles. The molecule has 2 aromatic carbocycles. The van der Waals surface area contributed by atoms with E-state index in [1.165, 1.54) is 4.57 Å². The molecule has 0 spiro atoms. The predicted octanol–water partition coefficient (Wildman–Crippen LogP) is 3.36. The van der Waals surface area contributed by atoms with Gasteiger partial charge < -0.3 is 14.0 Å². The van der Waals surface area contributed by atoms with E-state index >= 15 is 0 Å². The fraction of sp³-hybridized carbons (Fsp3) is 0.208. The van der Waals surface area contributed by atoms with Crippen molar-refractivity contribution in [2.45, 2.75) is 26.5 Å². The fourth-order valence-electron chi connectivity index (χ4n) is 3.05. The van der Waals surface area contributed by atoms with E-state index in [-0.39, 0.29) is 25.2 Å². The Morgan fingerprint density at radius 3 is 2.13 bits per heavy atom. The van der Waals surface area contributed by atoms with Crippen LogP contribution in [0.5, 0.6) is 0 Å². The molecule has 6 nitrogen and oxygen atoms in total. The number of nitrogens with zero attached hydrogens (tertiary/aromatic N) is 1. The summed E-state index contributed by atoms with van der Waals surface area (Å²) < 4.78 is 11.8. The first-order valence-electron chi connectivity index (χ1n) is 9.71. The lowest BCUT2D eigenvalue weighted by atomic mass is 10.1. The van der Waals surface area contributed by atoms with Crippen LogP contribution in [-0.4, -0.2) is 23.1 Å². The first-order valence-corrected chi connectivity index (χ1v) is 9.71. The van der Waals surface area contributed by atoms with Crippen molar-refractivity contribution in [1.29, 1.82) is 0 Å². The lowest BCUT2D eigenvalue weighted by molar-refractivity contribution is -0.142. The second-order valence-corrected chi connectivity index (χ2v) is 6.68. The van der Waals surface area contributed by atoms with Crippen LogP contribution < -0.4 is 5.56 Å². The molecule has 6 heteroatoms. The zero-order valence-electron chi connectivity index (χ0n) is 16.7. The number of carbonyl (C=O) groups excluding carboxylic acids is 2. The highest BCUT2D eigenvalue weighted by atomic mass is 16.5. The van der Waals surface area contributed by atoms with E-state index in [0.29, 0.717) is 12.1 Å². The summed E-state index contributed by atoms with van der Waals surface area (Å²) in [7, 11) is 0. The van der Waals surface area contributed by atoms with Crippen molar-refractivity contribution < 1.29 is 19.1 Å². The highest BCUT2D eigenvalue weighted by Crippen LogP contribution is 2.11. The van der Waals surface area contributed by atoms with Gasteiger partial charge in [0.1, 0.15) is 12.2 Å². The number of ether oxygens (including phenoxy) is 2. The molecule has 1 heterocycles. The van der Waals surface area contributed by atoms with Crippen LogP contribution in [0.4, 0.5) is 0 Å². The third kappa shape index (κ3) is 5.44. The summed E-state index contributed by atoms with van der Waals surface area (Å²) in [6, 6.07) is 20.2. The molecule has 0 atom stereocenters. The maximum atomic E-state index is 13.1. The molecule has 0 fully saturated rings. The summed E-state index contributed by atoms with van der Waals surface area (Å²) in [4.78, 5) is 37.9. The van der Waals surface area contributed by atoms with Crippen molar-refractivity contribution in [1.82, 2.24) is 4.57 Å². The minimum atomic E-state index is -0.759. The Morgan fingerprint density at radius 1 is 0.867 bits per heavy atom. The van der Waals surface area contributed by atoms with E-state index in [0.717, 1.165) is 11.1 Å². The number of esters is 2. The molecule has 1 aromatic heterocycles. The van der Waals surface area contributed by atoms with Crippen LogP contribution in [0.2, 0.25) is 0 Å². The lowest BCUT2D eigenvalue weighted by Crippen LogP contribution is -2.30. The molecule has 154 valence electrons. The SMILES string of the molecule is CCOC(=O)Cc1ccn(Cc2ccccc2)c(=O)c1C(=O)OCc1ccccc1. The highest BCUT2D eigenvalue weighted by Gasteiger charge is 2.22. The van der Waals surface area contributed by atoms with Gasteiger partial charge in [0.15, 0.2) is 0 Å². The topological polar surface area (TPSA) is 74.6 Å². The molecular formula is C24H23NO5. The van der Waals surface area contributed by atoms with Crippen molar-refractivity contribution in [2.75, 3.05) is 6.61 Å². The molecule has 3 rings (SSSR count). The van der Waals surface area contributed by atoms with Gasteiger partial charge in [0.25, 0.3) is 5.56 Å². The minimum absolute atomic E-state index is 0.0333. The fourth-order valence-corrected chi connectivity index (χ4v) is 3.05. The van der Waals surface area contributed by atoms with E-state index in [1.54, 1.807) is 19.2 Å². The highest BCUT2D eigenvalue weighted by molar-refractivity contribution is 5.92.